The lowest BCUT2D eigenvalue weighted by atomic mass is 9.97. The number of nitrogens with zero attached hydrogens (tertiary/aromatic N) is 1. The molecule has 2 atom stereocenters. The number of amides is 2. The minimum absolute atomic E-state index is 0.142. The molecule has 5 nitrogen and oxygen atoms in total. The molecule has 106 valence electrons. The molecule has 20 heavy (non-hydrogen) atoms. The Kier molecular flexibility index (Phi) is 4.34. The quantitative estimate of drug-likeness (QED) is 0.785. The van der Waals surface area contributed by atoms with E-state index >= 15 is 0 Å². The van der Waals surface area contributed by atoms with E-state index in [9.17, 15) is 9.59 Å². The maximum absolute atomic E-state index is 12.6. The zero-order valence-electron chi connectivity index (χ0n) is 11.0. The minimum Gasteiger partial charge on any atom is -0.392 e. The van der Waals surface area contributed by atoms with Crippen LogP contribution in [0.2, 0.25) is 0 Å². The van der Waals surface area contributed by atoms with Gasteiger partial charge in [0.15, 0.2) is 0 Å². The van der Waals surface area contributed by atoms with E-state index in [1.54, 1.807) is 4.90 Å². The second kappa shape index (κ2) is 6.00. The average molecular weight is 291 g/mol. The fourth-order valence-corrected chi connectivity index (χ4v) is 2.69. The van der Waals surface area contributed by atoms with Gasteiger partial charge in [-0.3, -0.25) is 9.59 Å². The molecular formula is C14H17N3O2S. The SMILES string of the molecule is NC(=O)C1CCN(C(=O)C(C(N)=S)c2ccccc2)C1. The normalized spacial score (nSPS) is 19.6. The standard InChI is InChI=1S/C14H17N3O2S/c15-12(18)10-6-7-17(8-10)14(19)11(13(16)20)9-4-2-1-3-5-9/h1-5,10-11H,6-8H2,(H2,15,18)(H2,16,20). The molecule has 1 saturated heterocycles. The number of hydrogen-bond acceptors (Lipinski definition) is 3. The first-order valence-electron chi connectivity index (χ1n) is 6.43. The Morgan fingerprint density at radius 1 is 1.25 bits per heavy atom. The summed E-state index contributed by atoms with van der Waals surface area (Å²) in [6.07, 6.45) is 0.597. The largest absolute Gasteiger partial charge is 0.392 e. The second-order valence-electron chi connectivity index (χ2n) is 4.92. The van der Waals surface area contributed by atoms with Gasteiger partial charge in [0.25, 0.3) is 0 Å². The lowest BCUT2D eigenvalue weighted by molar-refractivity contribution is -0.130. The number of benzene rings is 1. The van der Waals surface area contributed by atoms with Gasteiger partial charge in [-0.1, -0.05) is 42.5 Å². The fraction of sp³-hybridized carbons (Fsp3) is 0.357. The maximum atomic E-state index is 12.6. The van der Waals surface area contributed by atoms with Gasteiger partial charge in [0.1, 0.15) is 5.92 Å². The molecule has 1 heterocycles. The summed E-state index contributed by atoms with van der Waals surface area (Å²) in [6.45, 7) is 0.860. The Balaban J connectivity index is 2.17. The van der Waals surface area contributed by atoms with Gasteiger partial charge in [0, 0.05) is 13.1 Å². The number of hydrogen-bond donors (Lipinski definition) is 2. The molecule has 0 saturated carbocycles. The van der Waals surface area contributed by atoms with Crippen LogP contribution in [-0.2, 0) is 9.59 Å². The lowest BCUT2D eigenvalue weighted by Crippen LogP contribution is -2.39. The Bertz CT molecular complexity index is 532. The van der Waals surface area contributed by atoms with Crippen molar-refractivity contribution in [1.82, 2.24) is 4.90 Å². The third-order valence-corrected chi connectivity index (χ3v) is 3.80. The molecule has 0 aliphatic carbocycles. The molecule has 2 rings (SSSR count). The summed E-state index contributed by atoms with van der Waals surface area (Å²) in [6, 6.07) is 9.18. The van der Waals surface area contributed by atoms with E-state index in [0.29, 0.717) is 19.5 Å². The molecule has 2 amide bonds. The van der Waals surface area contributed by atoms with Gasteiger partial charge in [-0.15, -0.1) is 0 Å². The van der Waals surface area contributed by atoms with Crippen LogP contribution < -0.4 is 11.5 Å². The van der Waals surface area contributed by atoms with Gasteiger partial charge in [-0.05, 0) is 12.0 Å². The van der Waals surface area contributed by atoms with Crippen molar-refractivity contribution in [2.75, 3.05) is 13.1 Å². The predicted octanol–water partition coefficient (Wildman–Crippen LogP) is 0.390. The van der Waals surface area contributed by atoms with E-state index in [0.717, 1.165) is 5.56 Å². The summed E-state index contributed by atoms with van der Waals surface area (Å²) in [5.74, 6) is -1.45. The molecule has 0 aromatic heterocycles. The van der Waals surface area contributed by atoms with E-state index in [1.807, 2.05) is 30.3 Å². The highest BCUT2D eigenvalue weighted by Crippen LogP contribution is 2.24. The Morgan fingerprint density at radius 2 is 1.90 bits per heavy atom. The summed E-state index contributed by atoms with van der Waals surface area (Å²) < 4.78 is 0. The van der Waals surface area contributed by atoms with Crippen LogP contribution in [-0.4, -0.2) is 34.8 Å². The van der Waals surface area contributed by atoms with Crippen LogP contribution in [0.3, 0.4) is 0 Å². The highest BCUT2D eigenvalue weighted by molar-refractivity contribution is 7.80. The maximum Gasteiger partial charge on any atom is 0.237 e. The highest BCUT2D eigenvalue weighted by Gasteiger charge is 2.34. The van der Waals surface area contributed by atoms with Crippen molar-refractivity contribution in [3.63, 3.8) is 0 Å². The van der Waals surface area contributed by atoms with Crippen molar-refractivity contribution in [3.8, 4) is 0 Å². The van der Waals surface area contributed by atoms with Crippen LogP contribution in [0.15, 0.2) is 30.3 Å². The zero-order valence-corrected chi connectivity index (χ0v) is 11.8. The number of thiocarbonyl (C=S) groups is 1. The van der Waals surface area contributed by atoms with Gasteiger partial charge in [-0.25, -0.2) is 0 Å². The Hall–Kier alpha value is -1.95. The summed E-state index contributed by atoms with van der Waals surface area (Å²) >= 11 is 5.03. The van der Waals surface area contributed by atoms with Crippen LogP contribution in [0.4, 0.5) is 0 Å². The van der Waals surface area contributed by atoms with Crippen LogP contribution >= 0.6 is 12.2 Å². The van der Waals surface area contributed by atoms with Crippen molar-refractivity contribution in [2.45, 2.75) is 12.3 Å². The van der Waals surface area contributed by atoms with Gasteiger partial charge < -0.3 is 16.4 Å². The van der Waals surface area contributed by atoms with Crippen molar-refractivity contribution in [2.24, 2.45) is 17.4 Å². The third-order valence-electron chi connectivity index (χ3n) is 3.57. The van der Waals surface area contributed by atoms with E-state index in [-0.39, 0.29) is 22.7 Å². The van der Waals surface area contributed by atoms with E-state index in [2.05, 4.69) is 0 Å². The topological polar surface area (TPSA) is 89.4 Å². The van der Waals surface area contributed by atoms with Crippen LogP contribution in [0, 0.1) is 5.92 Å². The molecule has 2 unspecified atom stereocenters. The van der Waals surface area contributed by atoms with Crippen LogP contribution in [0.25, 0.3) is 0 Å². The van der Waals surface area contributed by atoms with Crippen molar-refractivity contribution >= 4 is 29.0 Å². The molecule has 0 radical (unpaired) electrons. The number of carbonyl (C=O) groups is 2. The van der Waals surface area contributed by atoms with Crippen LogP contribution in [0.5, 0.6) is 0 Å². The lowest BCUT2D eigenvalue weighted by Gasteiger charge is -2.23. The Morgan fingerprint density at radius 3 is 2.40 bits per heavy atom. The fourth-order valence-electron chi connectivity index (χ4n) is 2.45. The first kappa shape index (κ1) is 14.5. The van der Waals surface area contributed by atoms with Gasteiger partial charge >= 0.3 is 0 Å². The number of nitrogens with two attached hydrogens (primary N) is 2. The molecule has 0 bridgehead atoms. The van der Waals surface area contributed by atoms with Gasteiger partial charge in [-0.2, -0.15) is 0 Å². The van der Waals surface area contributed by atoms with E-state index in [1.165, 1.54) is 0 Å². The summed E-state index contributed by atoms with van der Waals surface area (Å²) in [5, 5.41) is 0. The predicted molar refractivity (Wildman–Crippen MR) is 79.8 cm³/mol. The molecule has 6 heteroatoms. The number of rotatable bonds is 4. The van der Waals surface area contributed by atoms with Gasteiger partial charge in [0.2, 0.25) is 11.8 Å². The molecule has 1 aliphatic heterocycles. The summed E-state index contributed by atoms with van der Waals surface area (Å²) in [5.41, 5.74) is 11.8. The molecule has 1 aromatic carbocycles. The van der Waals surface area contributed by atoms with E-state index in [4.69, 9.17) is 23.7 Å². The van der Waals surface area contributed by atoms with Crippen molar-refractivity contribution < 1.29 is 9.59 Å². The number of likely N-dealkylation sites (tertiary alicyclic amines) is 1. The molecule has 4 N–H and O–H groups in total. The second-order valence-corrected chi connectivity index (χ2v) is 5.39. The number of primary amides is 1. The summed E-state index contributed by atoms with van der Waals surface area (Å²) in [7, 11) is 0. The number of carbonyl (C=O) groups excluding carboxylic acids is 2. The molecule has 1 fully saturated rings. The zero-order chi connectivity index (χ0) is 14.7. The molecule has 0 spiro atoms. The molecular weight excluding hydrogens is 274 g/mol. The molecule has 1 aliphatic rings. The van der Waals surface area contributed by atoms with E-state index < -0.39 is 5.92 Å². The monoisotopic (exact) mass is 291 g/mol. The van der Waals surface area contributed by atoms with Crippen LogP contribution in [0.1, 0.15) is 17.9 Å². The first-order valence-corrected chi connectivity index (χ1v) is 6.84. The third kappa shape index (κ3) is 2.96. The van der Waals surface area contributed by atoms with Crippen molar-refractivity contribution in [3.05, 3.63) is 35.9 Å². The summed E-state index contributed by atoms with van der Waals surface area (Å²) in [4.78, 5) is 25.5. The molecule has 1 aromatic rings. The highest BCUT2D eigenvalue weighted by atomic mass is 32.1. The van der Waals surface area contributed by atoms with Gasteiger partial charge in [0.05, 0.1) is 10.9 Å². The Labute approximate surface area is 122 Å². The smallest absolute Gasteiger partial charge is 0.237 e. The minimum atomic E-state index is -0.641. The average Bonchev–Trinajstić information content (AvgIpc) is 2.89. The first-order chi connectivity index (χ1) is 9.50. The van der Waals surface area contributed by atoms with Crippen molar-refractivity contribution in [1.29, 1.82) is 0 Å².